The summed E-state index contributed by atoms with van der Waals surface area (Å²) in [5.74, 6) is -0.583. The highest BCUT2D eigenvalue weighted by Crippen LogP contribution is 2.33. The lowest BCUT2D eigenvalue weighted by Gasteiger charge is -2.16. The number of benzene rings is 2. The fourth-order valence-corrected chi connectivity index (χ4v) is 3.13. The standard InChI is InChI=1S/C17H9Cl2F3N2OS/c18-11-5-4-9(13(19)8-11)6-14-15(25)24(16(26)23-14)12-3-1-2-10(7-12)17(20,21)22/h1-8H,(H,23,26)/b14-6-. The first-order valence-electron chi connectivity index (χ1n) is 7.16. The maximum Gasteiger partial charge on any atom is 0.416 e. The van der Waals surface area contributed by atoms with Gasteiger partial charge in [-0.3, -0.25) is 9.69 Å². The molecule has 0 saturated carbocycles. The lowest BCUT2D eigenvalue weighted by molar-refractivity contribution is -0.137. The van der Waals surface area contributed by atoms with Crippen LogP contribution in [0.4, 0.5) is 18.9 Å². The molecule has 134 valence electrons. The molecule has 26 heavy (non-hydrogen) atoms. The van der Waals surface area contributed by atoms with Crippen LogP contribution in [0.5, 0.6) is 0 Å². The molecule has 0 aliphatic carbocycles. The predicted molar refractivity (Wildman–Crippen MR) is 99.1 cm³/mol. The van der Waals surface area contributed by atoms with Gasteiger partial charge in [-0.1, -0.05) is 35.3 Å². The molecule has 0 bridgehead atoms. The molecule has 1 saturated heterocycles. The van der Waals surface area contributed by atoms with Crippen molar-refractivity contribution in [1.29, 1.82) is 0 Å². The van der Waals surface area contributed by atoms with Crippen LogP contribution in [0.15, 0.2) is 48.2 Å². The maximum atomic E-state index is 12.9. The molecule has 0 spiro atoms. The van der Waals surface area contributed by atoms with E-state index in [0.29, 0.717) is 15.6 Å². The highest BCUT2D eigenvalue weighted by atomic mass is 35.5. The largest absolute Gasteiger partial charge is 0.416 e. The summed E-state index contributed by atoms with van der Waals surface area (Å²) >= 11 is 17.0. The van der Waals surface area contributed by atoms with E-state index in [9.17, 15) is 18.0 Å². The Labute approximate surface area is 162 Å². The number of anilines is 1. The molecule has 3 nitrogen and oxygen atoms in total. The zero-order valence-corrected chi connectivity index (χ0v) is 15.1. The van der Waals surface area contributed by atoms with Crippen molar-refractivity contribution in [2.24, 2.45) is 0 Å². The van der Waals surface area contributed by atoms with Gasteiger partial charge in [0.15, 0.2) is 5.11 Å². The first-order valence-corrected chi connectivity index (χ1v) is 8.32. The number of amides is 1. The molecule has 1 aliphatic heterocycles. The van der Waals surface area contributed by atoms with Gasteiger partial charge in [0.05, 0.1) is 11.3 Å². The number of hydrogen-bond acceptors (Lipinski definition) is 2. The first kappa shape index (κ1) is 18.7. The summed E-state index contributed by atoms with van der Waals surface area (Å²) in [7, 11) is 0. The highest BCUT2D eigenvalue weighted by Gasteiger charge is 2.35. The van der Waals surface area contributed by atoms with Crippen LogP contribution in [0.2, 0.25) is 10.0 Å². The number of halogens is 5. The SMILES string of the molecule is O=C1/C(=C/c2ccc(Cl)cc2Cl)NC(=S)N1c1cccc(C(F)(F)F)c1. The minimum Gasteiger partial charge on any atom is -0.327 e. The van der Waals surface area contributed by atoms with E-state index in [0.717, 1.165) is 17.0 Å². The van der Waals surface area contributed by atoms with Crippen molar-refractivity contribution in [3.8, 4) is 0 Å². The van der Waals surface area contributed by atoms with E-state index in [2.05, 4.69) is 5.32 Å². The molecule has 0 unspecified atom stereocenters. The molecule has 1 aliphatic rings. The van der Waals surface area contributed by atoms with Crippen molar-refractivity contribution in [1.82, 2.24) is 5.32 Å². The number of hydrogen-bond donors (Lipinski definition) is 1. The first-order chi connectivity index (χ1) is 12.2. The third-order valence-electron chi connectivity index (χ3n) is 3.57. The van der Waals surface area contributed by atoms with Crippen LogP contribution < -0.4 is 10.2 Å². The fourth-order valence-electron chi connectivity index (χ4n) is 2.36. The van der Waals surface area contributed by atoms with Gasteiger partial charge >= 0.3 is 6.18 Å². The van der Waals surface area contributed by atoms with Crippen LogP contribution in [0.1, 0.15) is 11.1 Å². The van der Waals surface area contributed by atoms with E-state index in [1.807, 2.05) is 0 Å². The lowest BCUT2D eigenvalue weighted by Crippen LogP contribution is -2.30. The van der Waals surface area contributed by atoms with Gasteiger partial charge in [0, 0.05) is 10.0 Å². The Hall–Kier alpha value is -2.09. The van der Waals surface area contributed by atoms with E-state index in [4.69, 9.17) is 35.4 Å². The number of rotatable bonds is 2. The molecule has 0 radical (unpaired) electrons. The second-order valence-corrected chi connectivity index (χ2v) is 6.57. The van der Waals surface area contributed by atoms with Gasteiger partial charge in [0.1, 0.15) is 5.70 Å². The Morgan fingerprint density at radius 3 is 2.50 bits per heavy atom. The molecule has 1 N–H and O–H groups in total. The number of carbonyl (C=O) groups is 1. The van der Waals surface area contributed by atoms with Crippen molar-refractivity contribution < 1.29 is 18.0 Å². The fraction of sp³-hybridized carbons (Fsp3) is 0.0588. The molecule has 0 atom stereocenters. The molecule has 9 heteroatoms. The minimum atomic E-state index is -4.52. The maximum absolute atomic E-state index is 12.9. The highest BCUT2D eigenvalue weighted by molar-refractivity contribution is 7.80. The molecular formula is C17H9Cl2F3N2OS. The van der Waals surface area contributed by atoms with E-state index in [-0.39, 0.29) is 16.5 Å². The summed E-state index contributed by atoms with van der Waals surface area (Å²) in [4.78, 5) is 13.6. The van der Waals surface area contributed by atoms with Crippen LogP contribution in [0.3, 0.4) is 0 Å². The third kappa shape index (κ3) is 3.70. The zero-order valence-electron chi connectivity index (χ0n) is 12.8. The monoisotopic (exact) mass is 416 g/mol. The Morgan fingerprint density at radius 1 is 1.12 bits per heavy atom. The second-order valence-electron chi connectivity index (χ2n) is 5.34. The van der Waals surface area contributed by atoms with Gasteiger partial charge in [0.2, 0.25) is 0 Å². The molecule has 1 heterocycles. The van der Waals surface area contributed by atoms with Gasteiger partial charge < -0.3 is 5.32 Å². The lowest BCUT2D eigenvalue weighted by atomic mass is 10.1. The van der Waals surface area contributed by atoms with Crippen LogP contribution in [-0.4, -0.2) is 11.0 Å². The number of carbonyl (C=O) groups excluding carboxylic acids is 1. The topological polar surface area (TPSA) is 32.3 Å². The van der Waals surface area contributed by atoms with E-state index in [1.54, 1.807) is 12.1 Å². The molecular weight excluding hydrogens is 408 g/mol. The molecule has 1 amide bonds. The van der Waals surface area contributed by atoms with Crippen LogP contribution in [0.25, 0.3) is 6.08 Å². The number of thiocarbonyl (C=S) groups is 1. The van der Waals surface area contributed by atoms with Gasteiger partial charge in [-0.05, 0) is 54.2 Å². The molecule has 0 aromatic heterocycles. The summed E-state index contributed by atoms with van der Waals surface area (Å²) in [5, 5.41) is 3.43. The van der Waals surface area contributed by atoms with E-state index < -0.39 is 17.6 Å². The van der Waals surface area contributed by atoms with Crippen LogP contribution in [-0.2, 0) is 11.0 Å². The summed E-state index contributed by atoms with van der Waals surface area (Å²) < 4.78 is 38.7. The zero-order chi connectivity index (χ0) is 19.1. The Kier molecular flexibility index (Phi) is 4.96. The van der Waals surface area contributed by atoms with E-state index in [1.165, 1.54) is 24.3 Å². The molecule has 1 fully saturated rings. The molecule has 2 aromatic carbocycles. The van der Waals surface area contributed by atoms with Gasteiger partial charge in [-0.15, -0.1) is 0 Å². The van der Waals surface area contributed by atoms with Crippen LogP contribution in [0, 0.1) is 0 Å². The van der Waals surface area contributed by atoms with Gasteiger partial charge in [0.25, 0.3) is 5.91 Å². The molecule has 3 rings (SSSR count). The summed E-state index contributed by atoms with van der Waals surface area (Å²) in [6.07, 6.45) is -3.07. The second kappa shape index (κ2) is 6.90. The van der Waals surface area contributed by atoms with Crippen molar-refractivity contribution in [3.63, 3.8) is 0 Å². The Bertz CT molecular complexity index is 944. The van der Waals surface area contributed by atoms with E-state index >= 15 is 0 Å². The average Bonchev–Trinajstić information content (AvgIpc) is 2.83. The minimum absolute atomic E-state index is 0.0212. The summed E-state index contributed by atoms with van der Waals surface area (Å²) in [6.45, 7) is 0. The Balaban J connectivity index is 1.96. The van der Waals surface area contributed by atoms with Crippen molar-refractivity contribution in [2.45, 2.75) is 6.18 Å². The molecule has 2 aromatic rings. The quantitative estimate of drug-likeness (QED) is 0.534. The average molecular weight is 417 g/mol. The third-order valence-corrected chi connectivity index (χ3v) is 4.42. The van der Waals surface area contributed by atoms with Gasteiger partial charge in [-0.2, -0.15) is 13.2 Å². The number of alkyl halides is 3. The van der Waals surface area contributed by atoms with Crippen molar-refractivity contribution in [3.05, 3.63) is 69.3 Å². The Morgan fingerprint density at radius 2 is 1.85 bits per heavy atom. The van der Waals surface area contributed by atoms with Crippen LogP contribution >= 0.6 is 35.4 Å². The van der Waals surface area contributed by atoms with Gasteiger partial charge in [-0.25, -0.2) is 0 Å². The summed E-state index contributed by atoms with van der Waals surface area (Å²) in [6, 6.07) is 9.10. The number of nitrogens with one attached hydrogen (secondary N) is 1. The van der Waals surface area contributed by atoms with Crippen molar-refractivity contribution in [2.75, 3.05) is 4.90 Å². The number of nitrogens with zero attached hydrogens (tertiary/aromatic N) is 1. The predicted octanol–water partition coefficient (Wildman–Crippen LogP) is 5.27. The van der Waals surface area contributed by atoms with Crippen molar-refractivity contribution >= 4 is 58.2 Å². The normalized spacial score (nSPS) is 16.3. The summed E-state index contributed by atoms with van der Waals surface area (Å²) in [5.41, 5.74) is -0.242. The smallest absolute Gasteiger partial charge is 0.327 e.